The van der Waals surface area contributed by atoms with Crippen molar-refractivity contribution >= 4 is 11.8 Å². The highest BCUT2D eigenvalue weighted by molar-refractivity contribution is 5.84. The maximum Gasteiger partial charge on any atom is 0.239 e. The number of likely N-dealkylation sites (tertiary alicyclic amines) is 1. The van der Waals surface area contributed by atoms with Crippen LogP contribution in [0.1, 0.15) is 39.0 Å². The Labute approximate surface area is 108 Å². The first-order valence-electron chi connectivity index (χ1n) is 6.92. The molecule has 2 aliphatic heterocycles. The van der Waals surface area contributed by atoms with Gasteiger partial charge in [-0.25, -0.2) is 0 Å². The van der Waals surface area contributed by atoms with Gasteiger partial charge >= 0.3 is 0 Å². The van der Waals surface area contributed by atoms with Crippen molar-refractivity contribution in [2.45, 2.75) is 51.1 Å². The lowest BCUT2D eigenvalue weighted by Gasteiger charge is -2.39. The Morgan fingerprint density at radius 3 is 2.61 bits per heavy atom. The number of rotatable bonds is 2. The molecule has 2 rings (SSSR count). The maximum atomic E-state index is 12.4. The van der Waals surface area contributed by atoms with Crippen molar-refractivity contribution in [2.75, 3.05) is 13.1 Å². The van der Waals surface area contributed by atoms with Crippen LogP contribution in [0.5, 0.6) is 0 Å². The summed E-state index contributed by atoms with van der Waals surface area (Å²) in [4.78, 5) is 25.6. The second-order valence-corrected chi connectivity index (χ2v) is 5.52. The molecular formula is C13H23N3O2. The van der Waals surface area contributed by atoms with Crippen LogP contribution in [0.2, 0.25) is 0 Å². The van der Waals surface area contributed by atoms with E-state index in [1.54, 1.807) is 0 Å². The molecule has 18 heavy (non-hydrogen) atoms. The van der Waals surface area contributed by atoms with Crippen molar-refractivity contribution in [1.82, 2.24) is 10.2 Å². The summed E-state index contributed by atoms with van der Waals surface area (Å²) in [5.41, 5.74) is 5.36. The van der Waals surface area contributed by atoms with Crippen molar-refractivity contribution in [3.8, 4) is 0 Å². The third kappa shape index (κ3) is 2.83. The quantitative estimate of drug-likeness (QED) is 0.740. The number of carbonyl (C=O) groups excluding carboxylic acids is 2. The lowest BCUT2D eigenvalue weighted by Crippen LogP contribution is -2.55. The van der Waals surface area contributed by atoms with Gasteiger partial charge in [-0.3, -0.25) is 9.59 Å². The summed E-state index contributed by atoms with van der Waals surface area (Å²) in [5.74, 6) is -0.307. The summed E-state index contributed by atoms with van der Waals surface area (Å²) >= 11 is 0. The third-order valence-corrected chi connectivity index (χ3v) is 4.18. The zero-order chi connectivity index (χ0) is 13.1. The number of nitrogens with zero attached hydrogens (tertiary/aromatic N) is 1. The Morgan fingerprint density at radius 1 is 1.22 bits per heavy atom. The minimum atomic E-state index is -0.281. The Bertz CT molecular complexity index is 326. The SMILES string of the molecule is CC1CCC(C(N)=O)CN1C(=O)[C@H]1CCCCN1. The van der Waals surface area contributed by atoms with Crippen LogP contribution in [0, 0.1) is 5.92 Å². The van der Waals surface area contributed by atoms with E-state index in [4.69, 9.17) is 5.73 Å². The highest BCUT2D eigenvalue weighted by Crippen LogP contribution is 2.23. The molecule has 2 aliphatic rings. The molecule has 0 bridgehead atoms. The number of hydrogen-bond acceptors (Lipinski definition) is 3. The van der Waals surface area contributed by atoms with Gasteiger partial charge in [0, 0.05) is 12.6 Å². The predicted octanol–water partition coefficient (Wildman–Crippen LogP) is 0.241. The Kier molecular flexibility index (Phi) is 4.22. The van der Waals surface area contributed by atoms with E-state index in [1.807, 2.05) is 4.90 Å². The first-order valence-corrected chi connectivity index (χ1v) is 6.92. The number of piperidine rings is 2. The number of primary amides is 1. The average Bonchev–Trinajstić information content (AvgIpc) is 2.39. The molecule has 2 amide bonds. The highest BCUT2D eigenvalue weighted by atomic mass is 16.2. The number of hydrogen-bond donors (Lipinski definition) is 2. The molecular weight excluding hydrogens is 230 g/mol. The van der Waals surface area contributed by atoms with Gasteiger partial charge in [-0.2, -0.15) is 0 Å². The molecule has 0 radical (unpaired) electrons. The molecule has 102 valence electrons. The Hall–Kier alpha value is -1.10. The van der Waals surface area contributed by atoms with Crippen LogP contribution in [0.15, 0.2) is 0 Å². The van der Waals surface area contributed by atoms with Crippen LogP contribution in [0.4, 0.5) is 0 Å². The van der Waals surface area contributed by atoms with Crippen LogP contribution in [-0.2, 0) is 9.59 Å². The molecule has 2 saturated heterocycles. The molecule has 0 aromatic rings. The molecule has 3 N–H and O–H groups in total. The van der Waals surface area contributed by atoms with Crippen LogP contribution >= 0.6 is 0 Å². The lowest BCUT2D eigenvalue weighted by molar-refractivity contribution is -0.140. The zero-order valence-corrected chi connectivity index (χ0v) is 11.0. The standard InChI is InChI=1S/C13H23N3O2/c1-9-5-6-10(12(14)17)8-16(9)13(18)11-4-2-3-7-15-11/h9-11,15H,2-8H2,1H3,(H2,14,17)/t9?,10?,11-/m1/s1. The maximum absolute atomic E-state index is 12.4. The van der Waals surface area contributed by atoms with Crippen LogP contribution in [0.3, 0.4) is 0 Å². The van der Waals surface area contributed by atoms with E-state index in [0.29, 0.717) is 6.54 Å². The van der Waals surface area contributed by atoms with Crippen LogP contribution in [-0.4, -0.2) is 41.9 Å². The summed E-state index contributed by atoms with van der Waals surface area (Å²) in [6, 6.07) is 0.157. The minimum absolute atomic E-state index is 0.0622. The molecule has 2 fully saturated rings. The monoisotopic (exact) mass is 253 g/mol. The fourth-order valence-electron chi connectivity index (χ4n) is 2.91. The molecule has 0 aliphatic carbocycles. The van der Waals surface area contributed by atoms with Gasteiger partial charge in [-0.15, -0.1) is 0 Å². The van der Waals surface area contributed by atoms with E-state index in [0.717, 1.165) is 38.6 Å². The van der Waals surface area contributed by atoms with Gasteiger partial charge in [0.25, 0.3) is 0 Å². The molecule has 5 nitrogen and oxygen atoms in total. The second kappa shape index (κ2) is 5.69. The molecule has 0 saturated carbocycles. The molecule has 5 heteroatoms. The van der Waals surface area contributed by atoms with Crippen molar-refractivity contribution in [1.29, 1.82) is 0 Å². The Balaban J connectivity index is 2.00. The fraction of sp³-hybridized carbons (Fsp3) is 0.846. The van der Waals surface area contributed by atoms with E-state index in [2.05, 4.69) is 12.2 Å². The number of nitrogens with two attached hydrogens (primary N) is 1. The number of nitrogens with one attached hydrogen (secondary N) is 1. The molecule has 2 heterocycles. The third-order valence-electron chi connectivity index (χ3n) is 4.18. The molecule has 0 aromatic carbocycles. The van der Waals surface area contributed by atoms with Crippen LogP contribution < -0.4 is 11.1 Å². The van der Waals surface area contributed by atoms with Gasteiger partial charge in [0.05, 0.1) is 12.0 Å². The van der Waals surface area contributed by atoms with Crippen molar-refractivity contribution in [2.24, 2.45) is 11.7 Å². The first kappa shape index (κ1) is 13.3. The summed E-state index contributed by atoms with van der Waals surface area (Å²) in [7, 11) is 0. The average molecular weight is 253 g/mol. The van der Waals surface area contributed by atoms with Gasteiger partial charge in [-0.05, 0) is 39.2 Å². The van der Waals surface area contributed by atoms with Crippen molar-refractivity contribution < 1.29 is 9.59 Å². The summed E-state index contributed by atoms with van der Waals surface area (Å²) < 4.78 is 0. The van der Waals surface area contributed by atoms with E-state index in [-0.39, 0.29) is 29.8 Å². The number of amides is 2. The van der Waals surface area contributed by atoms with Gasteiger partial charge in [0.15, 0.2) is 0 Å². The van der Waals surface area contributed by atoms with Gasteiger partial charge < -0.3 is 16.0 Å². The molecule has 0 aromatic heterocycles. The van der Waals surface area contributed by atoms with Crippen molar-refractivity contribution in [3.63, 3.8) is 0 Å². The predicted molar refractivity (Wildman–Crippen MR) is 68.7 cm³/mol. The van der Waals surface area contributed by atoms with Crippen LogP contribution in [0.25, 0.3) is 0 Å². The minimum Gasteiger partial charge on any atom is -0.369 e. The fourth-order valence-corrected chi connectivity index (χ4v) is 2.91. The zero-order valence-electron chi connectivity index (χ0n) is 11.0. The molecule has 0 spiro atoms. The van der Waals surface area contributed by atoms with Gasteiger partial charge in [0.1, 0.15) is 0 Å². The van der Waals surface area contributed by atoms with Crippen molar-refractivity contribution in [3.05, 3.63) is 0 Å². The van der Waals surface area contributed by atoms with E-state index in [1.165, 1.54) is 0 Å². The van der Waals surface area contributed by atoms with E-state index < -0.39 is 0 Å². The second-order valence-electron chi connectivity index (χ2n) is 5.52. The topological polar surface area (TPSA) is 75.4 Å². The number of carbonyl (C=O) groups is 2. The first-order chi connectivity index (χ1) is 8.59. The van der Waals surface area contributed by atoms with E-state index in [9.17, 15) is 9.59 Å². The highest BCUT2D eigenvalue weighted by Gasteiger charge is 2.34. The smallest absolute Gasteiger partial charge is 0.239 e. The normalized spacial score (nSPS) is 33.2. The van der Waals surface area contributed by atoms with Gasteiger partial charge in [-0.1, -0.05) is 6.42 Å². The summed E-state index contributed by atoms with van der Waals surface area (Å²) in [6.07, 6.45) is 4.82. The summed E-state index contributed by atoms with van der Waals surface area (Å²) in [5, 5.41) is 3.27. The molecule has 2 unspecified atom stereocenters. The lowest BCUT2D eigenvalue weighted by atomic mass is 9.91. The van der Waals surface area contributed by atoms with Gasteiger partial charge in [0.2, 0.25) is 11.8 Å². The largest absolute Gasteiger partial charge is 0.369 e. The summed E-state index contributed by atoms with van der Waals surface area (Å²) in [6.45, 7) is 3.46. The Morgan fingerprint density at radius 2 is 2.00 bits per heavy atom. The van der Waals surface area contributed by atoms with E-state index >= 15 is 0 Å². The molecule has 3 atom stereocenters.